The molecule has 0 unspecified atom stereocenters. The highest BCUT2D eigenvalue weighted by Gasteiger charge is 2.16. The van der Waals surface area contributed by atoms with Gasteiger partial charge in [0, 0.05) is 20.2 Å². The second-order valence-corrected chi connectivity index (χ2v) is 18.7. The fraction of sp³-hybridized carbons (Fsp3) is 0. The first-order valence-corrected chi connectivity index (χ1v) is 23.9. The van der Waals surface area contributed by atoms with Gasteiger partial charge in [-0.15, -0.1) is 11.3 Å². The molecule has 13 rings (SSSR count). The molecular formula is C66H42S. The van der Waals surface area contributed by atoms with Gasteiger partial charge < -0.3 is 0 Å². The Hall–Kier alpha value is -8.36. The van der Waals surface area contributed by atoms with Gasteiger partial charge in [0.05, 0.1) is 0 Å². The van der Waals surface area contributed by atoms with Gasteiger partial charge >= 0.3 is 0 Å². The maximum Gasteiger partial charge on any atom is 0.0433 e. The van der Waals surface area contributed by atoms with Gasteiger partial charge in [0.1, 0.15) is 0 Å². The van der Waals surface area contributed by atoms with Crippen LogP contribution in [0.15, 0.2) is 255 Å². The largest absolute Gasteiger partial charge is 0.135 e. The van der Waals surface area contributed by atoms with Crippen molar-refractivity contribution in [1.82, 2.24) is 0 Å². The van der Waals surface area contributed by atoms with E-state index in [2.05, 4.69) is 255 Å². The third kappa shape index (κ3) is 7.00. The van der Waals surface area contributed by atoms with Gasteiger partial charge in [0.2, 0.25) is 0 Å². The predicted octanol–water partition coefficient (Wildman–Crippen LogP) is 19.2. The van der Waals surface area contributed by atoms with Crippen LogP contribution in [0, 0.1) is 0 Å². The number of fused-ring (bicyclic) bond motifs is 9. The summed E-state index contributed by atoms with van der Waals surface area (Å²) in [5.74, 6) is 0. The molecule has 0 atom stereocenters. The molecular weight excluding hydrogens is 825 g/mol. The summed E-state index contributed by atoms with van der Waals surface area (Å²) in [5.41, 5.74) is 16.8. The quantitative estimate of drug-likeness (QED) is 0.140. The summed E-state index contributed by atoms with van der Waals surface area (Å²) in [7, 11) is 0. The van der Waals surface area contributed by atoms with E-state index < -0.39 is 0 Å². The molecule has 0 N–H and O–H groups in total. The second-order valence-electron chi connectivity index (χ2n) is 17.6. The van der Waals surface area contributed by atoms with Crippen molar-refractivity contribution in [2.75, 3.05) is 0 Å². The minimum atomic E-state index is 1.18. The smallest absolute Gasteiger partial charge is 0.0433 e. The Balaban J connectivity index is 0.936. The molecule has 0 saturated heterocycles. The molecule has 312 valence electrons. The van der Waals surface area contributed by atoms with Gasteiger partial charge in [-0.3, -0.25) is 0 Å². The highest BCUT2D eigenvalue weighted by Crippen LogP contribution is 2.43. The van der Waals surface area contributed by atoms with Crippen LogP contribution in [0.5, 0.6) is 0 Å². The SMILES string of the molecule is c1ccc(-c2cc(-c3cccc(-c4cc(-c5ccccc5)cc(-c5cccc6c5sc5ccccc56)c4)c3)cc(-c3cccc(-c4ccc5c6ccccc6c6ccccc6c5c4)c3)c2)cc1. The fourth-order valence-corrected chi connectivity index (χ4v) is 11.6. The Morgan fingerprint density at radius 2 is 0.522 bits per heavy atom. The van der Waals surface area contributed by atoms with Gasteiger partial charge in [0.25, 0.3) is 0 Å². The molecule has 0 radical (unpaired) electrons. The van der Waals surface area contributed by atoms with Crippen molar-refractivity contribution >= 4 is 63.8 Å². The van der Waals surface area contributed by atoms with E-state index in [1.165, 1.54) is 130 Å². The number of rotatable bonds is 7. The third-order valence-corrected chi connectivity index (χ3v) is 14.8. The van der Waals surface area contributed by atoms with E-state index >= 15 is 0 Å². The first kappa shape index (κ1) is 39.0. The predicted molar refractivity (Wildman–Crippen MR) is 290 cm³/mol. The van der Waals surface area contributed by atoms with Crippen molar-refractivity contribution in [3.63, 3.8) is 0 Å². The molecule has 0 fully saturated rings. The van der Waals surface area contributed by atoms with Gasteiger partial charge in [-0.25, -0.2) is 0 Å². The fourth-order valence-electron chi connectivity index (χ4n) is 10.3. The third-order valence-electron chi connectivity index (χ3n) is 13.6. The molecule has 1 heterocycles. The van der Waals surface area contributed by atoms with Crippen molar-refractivity contribution in [1.29, 1.82) is 0 Å². The molecule has 0 bridgehead atoms. The maximum absolute atomic E-state index is 2.39. The van der Waals surface area contributed by atoms with Crippen LogP contribution in [-0.2, 0) is 0 Å². The number of thiophene rings is 1. The van der Waals surface area contributed by atoms with Crippen molar-refractivity contribution < 1.29 is 0 Å². The topological polar surface area (TPSA) is 0 Å². The zero-order valence-corrected chi connectivity index (χ0v) is 37.5. The second kappa shape index (κ2) is 16.3. The summed E-state index contributed by atoms with van der Waals surface area (Å²) in [6.45, 7) is 0. The van der Waals surface area contributed by atoms with Crippen molar-refractivity contribution in [2.45, 2.75) is 0 Å². The van der Waals surface area contributed by atoms with Crippen LogP contribution in [-0.4, -0.2) is 0 Å². The van der Waals surface area contributed by atoms with Crippen LogP contribution in [0.1, 0.15) is 0 Å². The summed E-state index contributed by atoms with van der Waals surface area (Å²) in [5, 5.41) is 10.4. The van der Waals surface area contributed by atoms with E-state index in [4.69, 9.17) is 0 Å². The van der Waals surface area contributed by atoms with Gasteiger partial charge in [-0.2, -0.15) is 0 Å². The molecule has 0 aliphatic heterocycles. The van der Waals surface area contributed by atoms with E-state index in [0.29, 0.717) is 0 Å². The van der Waals surface area contributed by atoms with E-state index in [0.717, 1.165) is 0 Å². The lowest BCUT2D eigenvalue weighted by atomic mass is 9.89. The zero-order valence-electron chi connectivity index (χ0n) is 36.7. The summed E-state index contributed by atoms with van der Waals surface area (Å²) in [6, 6.07) is 94.1. The standard InChI is InChI=1S/C66H42S/c1-3-16-43(17-4-1)50-36-52(46-21-13-20-45(34-46)49-32-33-61-59-26-8-7-24-57(59)58-25-9-10-27-60(58)64(61)42-49)39-53(37-50)47-22-14-23-48(35-47)54-38-51(44-18-5-2-6-19-44)40-55(41-54)56-29-15-30-63-62-28-11-12-31-65(62)67-66(56)63/h1-42H. The van der Waals surface area contributed by atoms with E-state index in [1.807, 2.05) is 11.3 Å². The van der Waals surface area contributed by atoms with Crippen molar-refractivity contribution in [3.8, 4) is 77.9 Å². The lowest BCUT2D eigenvalue weighted by molar-refractivity contribution is 1.55. The summed E-state index contributed by atoms with van der Waals surface area (Å²) in [6.07, 6.45) is 0. The Morgan fingerprint density at radius 1 is 0.179 bits per heavy atom. The molecule has 0 spiro atoms. The van der Waals surface area contributed by atoms with Gasteiger partial charge in [0.15, 0.2) is 0 Å². The Labute approximate surface area is 394 Å². The molecule has 0 nitrogen and oxygen atoms in total. The molecule has 1 aromatic heterocycles. The van der Waals surface area contributed by atoms with Crippen LogP contribution in [0.4, 0.5) is 0 Å². The van der Waals surface area contributed by atoms with Gasteiger partial charge in [-0.1, -0.05) is 194 Å². The van der Waals surface area contributed by atoms with Crippen LogP contribution in [0.25, 0.3) is 130 Å². The van der Waals surface area contributed by atoms with Crippen molar-refractivity contribution in [2.24, 2.45) is 0 Å². The first-order valence-electron chi connectivity index (χ1n) is 23.1. The summed E-state index contributed by atoms with van der Waals surface area (Å²) < 4.78 is 2.64. The monoisotopic (exact) mass is 866 g/mol. The molecule has 67 heavy (non-hydrogen) atoms. The first-order chi connectivity index (χ1) is 33.2. The van der Waals surface area contributed by atoms with Crippen LogP contribution < -0.4 is 0 Å². The van der Waals surface area contributed by atoms with Crippen LogP contribution in [0.3, 0.4) is 0 Å². The maximum atomic E-state index is 2.39. The highest BCUT2D eigenvalue weighted by atomic mass is 32.1. The van der Waals surface area contributed by atoms with E-state index in [1.54, 1.807) is 0 Å². The lowest BCUT2D eigenvalue weighted by Crippen LogP contribution is -1.89. The number of hydrogen-bond acceptors (Lipinski definition) is 1. The minimum absolute atomic E-state index is 1.18. The molecule has 0 aliphatic rings. The minimum Gasteiger partial charge on any atom is -0.135 e. The molecule has 1 heteroatoms. The van der Waals surface area contributed by atoms with Crippen LogP contribution >= 0.6 is 11.3 Å². The Kier molecular flexibility index (Phi) is 9.48. The molecule has 12 aromatic carbocycles. The normalized spacial score (nSPS) is 11.6. The molecule has 0 amide bonds. The van der Waals surface area contributed by atoms with Crippen molar-refractivity contribution in [3.05, 3.63) is 255 Å². The van der Waals surface area contributed by atoms with E-state index in [9.17, 15) is 0 Å². The molecule has 0 saturated carbocycles. The summed E-state index contributed by atoms with van der Waals surface area (Å²) in [4.78, 5) is 0. The molecule has 13 aromatic rings. The highest BCUT2D eigenvalue weighted by molar-refractivity contribution is 7.26. The molecule has 0 aliphatic carbocycles. The average molecular weight is 867 g/mol. The van der Waals surface area contributed by atoms with Gasteiger partial charge in [-0.05, 0) is 171 Å². The lowest BCUT2D eigenvalue weighted by Gasteiger charge is -2.15. The van der Waals surface area contributed by atoms with E-state index in [-0.39, 0.29) is 0 Å². The number of benzene rings is 12. The Bertz CT molecular complexity index is 3990. The van der Waals surface area contributed by atoms with Crippen LogP contribution in [0.2, 0.25) is 0 Å². The zero-order chi connectivity index (χ0) is 44.3. The Morgan fingerprint density at radius 3 is 1.06 bits per heavy atom. The average Bonchev–Trinajstić information content (AvgIpc) is 3.80. The summed E-state index contributed by atoms with van der Waals surface area (Å²) >= 11 is 1.89. The number of hydrogen-bond donors (Lipinski definition) is 0.